The lowest BCUT2D eigenvalue weighted by atomic mass is 10.2. The highest BCUT2D eigenvalue weighted by Crippen LogP contribution is 2.32. The van der Waals surface area contributed by atoms with Crippen LogP contribution in [0.15, 0.2) is 41.3 Å². The zero-order valence-electron chi connectivity index (χ0n) is 15.9. The van der Waals surface area contributed by atoms with Crippen LogP contribution in [0.5, 0.6) is 5.75 Å². The number of carbonyl (C=O) groups is 3. The Kier molecular flexibility index (Phi) is 6.38. The van der Waals surface area contributed by atoms with E-state index in [1.54, 1.807) is 18.2 Å². The minimum absolute atomic E-state index is 0.122. The number of halogens is 1. The van der Waals surface area contributed by atoms with Gasteiger partial charge in [0.2, 0.25) is 5.91 Å². The number of nitrogens with zero attached hydrogens (tertiary/aromatic N) is 1. The number of amides is 2. The third-order valence-electron chi connectivity index (χ3n) is 4.24. The van der Waals surface area contributed by atoms with Crippen molar-refractivity contribution in [2.75, 3.05) is 31.8 Å². The van der Waals surface area contributed by atoms with Crippen LogP contribution < -0.4 is 10.1 Å². The smallest absolute Gasteiger partial charge is 0.338 e. The first-order valence-corrected chi connectivity index (χ1v) is 9.66. The first kappa shape index (κ1) is 20.7. The second kappa shape index (κ2) is 8.95. The Labute approximate surface area is 171 Å². The fraction of sp³-hybridized carbons (Fsp3) is 0.250. The number of nitrogens with one attached hydrogen (secondary N) is 1. The summed E-state index contributed by atoms with van der Waals surface area (Å²) in [4.78, 5) is 38.1. The van der Waals surface area contributed by atoms with Gasteiger partial charge in [-0.3, -0.25) is 9.59 Å². The predicted molar refractivity (Wildman–Crippen MR) is 106 cm³/mol. The number of benzene rings is 2. The lowest BCUT2D eigenvalue weighted by Gasteiger charge is -2.18. The maximum atomic E-state index is 13.8. The lowest BCUT2D eigenvalue weighted by Crippen LogP contribution is -2.31. The summed E-state index contributed by atoms with van der Waals surface area (Å²) in [5, 5.41) is 2.70. The van der Waals surface area contributed by atoms with Crippen molar-refractivity contribution in [2.45, 2.75) is 11.4 Å². The van der Waals surface area contributed by atoms with Crippen LogP contribution in [0, 0.1) is 5.82 Å². The molecule has 3 rings (SSSR count). The monoisotopic (exact) mass is 418 g/mol. The molecule has 2 aromatic rings. The topological polar surface area (TPSA) is 84.9 Å². The average molecular weight is 418 g/mol. The lowest BCUT2D eigenvalue weighted by molar-refractivity contribution is -0.133. The molecule has 0 aromatic heterocycles. The summed E-state index contributed by atoms with van der Waals surface area (Å²) in [5.74, 6) is -1.31. The number of carbonyl (C=O) groups excluding carboxylic acids is 3. The van der Waals surface area contributed by atoms with Gasteiger partial charge in [-0.1, -0.05) is 6.07 Å². The Morgan fingerprint density at radius 2 is 2.03 bits per heavy atom. The van der Waals surface area contributed by atoms with E-state index in [-0.39, 0.29) is 23.8 Å². The number of hydrogen-bond donors (Lipinski definition) is 1. The van der Waals surface area contributed by atoms with Gasteiger partial charge in [0.15, 0.2) is 18.2 Å². The van der Waals surface area contributed by atoms with Crippen molar-refractivity contribution in [2.24, 2.45) is 0 Å². The van der Waals surface area contributed by atoms with Crippen molar-refractivity contribution < 1.29 is 28.2 Å². The summed E-state index contributed by atoms with van der Waals surface area (Å²) in [6.07, 6.45) is 0. The molecule has 152 valence electrons. The molecule has 7 nitrogen and oxygen atoms in total. The van der Waals surface area contributed by atoms with Crippen LogP contribution in [0.1, 0.15) is 15.9 Å². The number of anilines is 1. The molecule has 0 unspecified atom stereocenters. The van der Waals surface area contributed by atoms with Crippen molar-refractivity contribution >= 4 is 35.2 Å². The maximum Gasteiger partial charge on any atom is 0.338 e. The van der Waals surface area contributed by atoms with E-state index in [9.17, 15) is 18.8 Å². The molecule has 0 fully saturated rings. The minimum Gasteiger partial charge on any atom is -0.494 e. The second-order valence-corrected chi connectivity index (χ2v) is 7.36. The third-order valence-corrected chi connectivity index (χ3v) is 5.31. The number of likely N-dealkylation sites (N-methyl/N-ethyl adjacent to an activating group) is 1. The van der Waals surface area contributed by atoms with Crippen molar-refractivity contribution in [3.63, 3.8) is 0 Å². The summed E-state index contributed by atoms with van der Waals surface area (Å²) in [5.41, 5.74) is 1.36. The van der Waals surface area contributed by atoms with Gasteiger partial charge in [0, 0.05) is 18.5 Å². The quantitative estimate of drug-likeness (QED) is 0.726. The van der Waals surface area contributed by atoms with Crippen LogP contribution in [-0.4, -0.2) is 49.2 Å². The van der Waals surface area contributed by atoms with E-state index in [1.165, 1.54) is 49.0 Å². The molecule has 1 heterocycles. The van der Waals surface area contributed by atoms with Gasteiger partial charge in [-0.25, -0.2) is 9.18 Å². The largest absolute Gasteiger partial charge is 0.494 e. The zero-order chi connectivity index (χ0) is 21.0. The number of fused-ring (bicyclic) bond motifs is 1. The molecule has 0 bridgehead atoms. The van der Waals surface area contributed by atoms with E-state index in [1.807, 2.05) is 0 Å². The van der Waals surface area contributed by atoms with E-state index in [0.717, 1.165) is 4.90 Å². The Bertz CT molecular complexity index is 966. The number of thioether (sulfide) groups is 1. The highest BCUT2D eigenvalue weighted by molar-refractivity contribution is 8.00. The van der Waals surface area contributed by atoms with Gasteiger partial charge in [0.05, 0.1) is 24.1 Å². The molecule has 1 aliphatic heterocycles. The Balaban J connectivity index is 1.55. The molecule has 1 aliphatic rings. The maximum absolute atomic E-state index is 13.8. The zero-order valence-corrected chi connectivity index (χ0v) is 16.7. The van der Waals surface area contributed by atoms with Gasteiger partial charge < -0.3 is 19.7 Å². The van der Waals surface area contributed by atoms with Crippen LogP contribution in [0.25, 0.3) is 0 Å². The van der Waals surface area contributed by atoms with Crippen LogP contribution in [0.3, 0.4) is 0 Å². The van der Waals surface area contributed by atoms with Crippen molar-refractivity contribution in [3.8, 4) is 5.75 Å². The number of hydrogen-bond acceptors (Lipinski definition) is 6. The molecule has 2 amide bonds. The number of rotatable bonds is 6. The summed E-state index contributed by atoms with van der Waals surface area (Å²) < 4.78 is 23.7. The third kappa shape index (κ3) is 5.05. The molecular formula is C20H19FN2O5S. The van der Waals surface area contributed by atoms with Crippen LogP contribution in [0.4, 0.5) is 10.1 Å². The normalized spacial score (nSPS) is 12.6. The van der Waals surface area contributed by atoms with E-state index in [2.05, 4.69) is 5.32 Å². The first-order valence-electron chi connectivity index (χ1n) is 8.67. The van der Waals surface area contributed by atoms with Gasteiger partial charge in [0.1, 0.15) is 0 Å². The molecule has 2 aromatic carbocycles. The molecule has 0 spiro atoms. The van der Waals surface area contributed by atoms with Crippen molar-refractivity contribution in [3.05, 3.63) is 53.3 Å². The van der Waals surface area contributed by atoms with Gasteiger partial charge in [-0.15, -0.1) is 11.8 Å². The SMILES string of the molecule is COc1ccc(CN(C)C(=O)COC(=O)c2ccc3c(c2)NC(=O)CS3)cc1F. The number of ether oxygens (including phenoxy) is 2. The van der Waals surface area contributed by atoms with Gasteiger partial charge >= 0.3 is 5.97 Å². The molecule has 0 saturated carbocycles. The fourth-order valence-corrected chi connectivity index (χ4v) is 3.49. The van der Waals surface area contributed by atoms with Crippen LogP contribution in [0.2, 0.25) is 0 Å². The van der Waals surface area contributed by atoms with Crippen molar-refractivity contribution in [1.82, 2.24) is 4.90 Å². The first-order chi connectivity index (χ1) is 13.9. The molecule has 29 heavy (non-hydrogen) atoms. The Morgan fingerprint density at radius 1 is 1.24 bits per heavy atom. The van der Waals surface area contributed by atoms with E-state index in [0.29, 0.717) is 17.0 Å². The Hall–Kier alpha value is -3.07. The van der Waals surface area contributed by atoms with Gasteiger partial charge in [-0.2, -0.15) is 0 Å². The average Bonchev–Trinajstić information content (AvgIpc) is 2.71. The highest BCUT2D eigenvalue weighted by Gasteiger charge is 2.19. The molecular weight excluding hydrogens is 399 g/mol. The standard InChI is InChI=1S/C20H19FN2O5S/c1-23(9-12-3-5-16(27-2)14(21)7-12)19(25)10-28-20(26)13-4-6-17-15(8-13)22-18(24)11-29-17/h3-8H,9-11H2,1-2H3,(H,22,24). The Morgan fingerprint density at radius 3 is 2.76 bits per heavy atom. The van der Waals surface area contributed by atoms with Crippen LogP contribution >= 0.6 is 11.8 Å². The summed E-state index contributed by atoms with van der Waals surface area (Å²) in [6, 6.07) is 9.25. The second-order valence-electron chi connectivity index (χ2n) is 6.34. The minimum atomic E-state index is -0.671. The molecule has 0 radical (unpaired) electrons. The van der Waals surface area contributed by atoms with Crippen LogP contribution in [-0.2, 0) is 20.9 Å². The van der Waals surface area contributed by atoms with Gasteiger partial charge in [0.25, 0.3) is 5.91 Å². The molecule has 9 heteroatoms. The highest BCUT2D eigenvalue weighted by atomic mass is 32.2. The van der Waals surface area contributed by atoms with Crippen molar-refractivity contribution in [1.29, 1.82) is 0 Å². The number of esters is 1. The van der Waals surface area contributed by atoms with E-state index in [4.69, 9.17) is 9.47 Å². The van der Waals surface area contributed by atoms with E-state index < -0.39 is 24.3 Å². The summed E-state index contributed by atoms with van der Waals surface area (Å²) >= 11 is 1.38. The fourth-order valence-electron chi connectivity index (χ4n) is 2.70. The predicted octanol–water partition coefficient (Wildman–Crippen LogP) is 2.69. The van der Waals surface area contributed by atoms with Gasteiger partial charge in [-0.05, 0) is 35.9 Å². The van der Waals surface area contributed by atoms with E-state index >= 15 is 0 Å². The summed E-state index contributed by atoms with van der Waals surface area (Å²) in [7, 11) is 2.90. The molecule has 1 N–H and O–H groups in total. The summed E-state index contributed by atoms with van der Waals surface area (Å²) in [6.45, 7) is -0.300. The molecule has 0 saturated heterocycles. The molecule has 0 aliphatic carbocycles. The molecule has 0 atom stereocenters. The number of methoxy groups -OCH3 is 1.